The number of aryl methyl sites for hydroxylation is 1. The van der Waals surface area contributed by atoms with Crippen molar-refractivity contribution in [1.82, 2.24) is 4.98 Å². The lowest BCUT2D eigenvalue weighted by atomic mass is 10.1. The van der Waals surface area contributed by atoms with E-state index < -0.39 is 0 Å². The number of hydrogen-bond donors (Lipinski definition) is 0. The van der Waals surface area contributed by atoms with E-state index in [2.05, 4.69) is 30.1 Å². The molecule has 1 unspecified atom stereocenters. The average Bonchev–Trinajstić information content (AvgIpc) is 2.51. The van der Waals surface area contributed by atoms with Crippen LogP contribution in [0.3, 0.4) is 0 Å². The van der Waals surface area contributed by atoms with Crippen LogP contribution in [0.5, 0.6) is 5.75 Å². The molecule has 1 aromatic heterocycles. The van der Waals surface area contributed by atoms with E-state index in [4.69, 9.17) is 9.47 Å². The minimum atomic E-state index is -0.221. The van der Waals surface area contributed by atoms with Crippen molar-refractivity contribution >= 4 is 10.8 Å². The third-order valence-corrected chi connectivity index (χ3v) is 3.46. The molecule has 2 aromatic rings. The summed E-state index contributed by atoms with van der Waals surface area (Å²) in [6.07, 6.45) is 5.76. The van der Waals surface area contributed by atoms with E-state index in [1.54, 1.807) is 7.11 Å². The lowest BCUT2D eigenvalue weighted by molar-refractivity contribution is -0.0541. The predicted octanol–water partition coefficient (Wildman–Crippen LogP) is 4.34. The molecule has 0 aliphatic heterocycles. The standard InChI is InChI=1S/C17H23NO2/c1-4-6-11-15-13-9-7-8-10-14(13)16(12-18-15)20-17(5-2)19-3/h7-10,12,17H,4-6,11H2,1-3H3. The zero-order chi connectivity index (χ0) is 14.4. The molecule has 0 aliphatic carbocycles. The Labute approximate surface area is 120 Å². The summed E-state index contributed by atoms with van der Waals surface area (Å²) in [5.74, 6) is 0.801. The molecule has 3 heteroatoms. The summed E-state index contributed by atoms with van der Waals surface area (Å²) in [6.45, 7) is 4.24. The van der Waals surface area contributed by atoms with Gasteiger partial charge in [-0.05, 0) is 12.8 Å². The summed E-state index contributed by atoms with van der Waals surface area (Å²) in [6, 6.07) is 8.29. The Kier molecular flexibility index (Phi) is 5.36. The molecular formula is C17H23NO2. The molecule has 1 heterocycles. The largest absolute Gasteiger partial charge is 0.463 e. The fourth-order valence-electron chi connectivity index (χ4n) is 2.30. The van der Waals surface area contributed by atoms with E-state index in [-0.39, 0.29) is 6.29 Å². The maximum atomic E-state index is 5.90. The van der Waals surface area contributed by atoms with E-state index in [0.717, 1.165) is 36.1 Å². The van der Waals surface area contributed by atoms with Crippen molar-refractivity contribution in [1.29, 1.82) is 0 Å². The van der Waals surface area contributed by atoms with Crippen molar-refractivity contribution in [3.8, 4) is 5.75 Å². The first-order chi connectivity index (χ1) is 9.80. The molecule has 0 saturated heterocycles. The molecule has 1 aromatic carbocycles. The first-order valence-electron chi connectivity index (χ1n) is 7.36. The van der Waals surface area contributed by atoms with Gasteiger partial charge in [0, 0.05) is 30.0 Å². The van der Waals surface area contributed by atoms with Crippen molar-refractivity contribution in [2.75, 3.05) is 7.11 Å². The minimum absolute atomic E-state index is 0.221. The van der Waals surface area contributed by atoms with E-state index in [9.17, 15) is 0 Å². The van der Waals surface area contributed by atoms with Gasteiger partial charge in [0.25, 0.3) is 0 Å². The first kappa shape index (κ1) is 14.8. The molecule has 108 valence electrons. The number of nitrogens with zero attached hydrogens (tertiary/aromatic N) is 1. The quantitative estimate of drug-likeness (QED) is 0.703. The number of ether oxygens (including phenoxy) is 2. The lowest BCUT2D eigenvalue weighted by Gasteiger charge is -2.17. The van der Waals surface area contributed by atoms with Gasteiger partial charge in [-0.2, -0.15) is 0 Å². The van der Waals surface area contributed by atoms with Crippen LogP contribution in [-0.4, -0.2) is 18.4 Å². The van der Waals surface area contributed by atoms with Crippen LogP contribution in [0.1, 0.15) is 38.8 Å². The van der Waals surface area contributed by atoms with Gasteiger partial charge in [0.05, 0.1) is 6.20 Å². The Hall–Kier alpha value is -1.61. The second-order valence-corrected chi connectivity index (χ2v) is 4.91. The SMILES string of the molecule is CCCCc1ncc(OC(CC)OC)c2ccccc12. The smallest absolute Gasteiger partial charge is 0.199 e. The molecule has 0 aliphatic rings. The highest BCUT2D eigenvalue weighted by molar-refractivity contribution is 5.89. The maximum Gasteiger partial charge on any atom is 0.199 e. The van der Waals surface area contributed by atoms with Gasteiger partial charge in [-0.15, -0.1) is 0 Å². The summed E-state index contributed by atoms with van der Waals surface area (Å²) in [7, 11) is 1.67. The van der Waals surface area contributed by atoms with Crippen molar-refractivity contribution in [2.45, 2.75) is 45.8 Å². The number of aromatic nitrogens is 1. The molecule has 0 fully saturated rings. The number of pyridine rings is 1. The summed E-state index contributed by atoms with van der Waals surface area (Å²) >= 11 is 0. The number of fused-ring (bicyclic) bond motifs is 1. The van der Waals surface area contributed by atoms with Crippen molar-refractivity contribution in [3.63, 3.8) is 0 Å². The fourth-order valence-corrected chi connectivity index (χ4v) is 2.30. The van der Waals surface area contributed by atoms with Crippen molar-refractivity contribution in [2.24, 2.45) is 0 Å². The summed E-state index contributed by atoms with van der Waals surface area (Å²) < 4.78 is 11.2. The Bertz CT molecular complexity index is 550. The maximum absolute atomic E-state index is 5.90. The average molecular weight is 273 g/mol. The molecule has 0 saturated carbocycles. The third kappa shape index (κ3) is 3.28. The van der Waals surface area contributed by atoms with Crippen LogP contribution >= 0.6 is 0 Å². The second-order valence-electron chi connectivity index (χ2n) is 4.91. The highest BCUT2D eigenvalue weighted by atomic mass is 16.7. The van der Waals surface area contributed by atoms with Crippen LogP contribution in [0.25, 0.3) is 10.8 Å². The van der Waals surface area contributed by atoms with Crippen LogP contribution in [0.4, 0.5) is 0 Å². The number of unbranched alkanes of at least 4 members (excludes halogenated alkanes) is 1. The molecule has 0 bridgehead atoms. The van der Waals surface area contributed by atoms with Crippen LogP contribution in [0.2, 0.25) is 0 Å². The number of rotatable bonds is 7. The van der Waals surface area contributed by atoms with Gasteiger partial charge in [-0.3, -0.25) is 4.98 Å². The molecule has 2 rings (SSSR count). The van der Waals surface area contributed by atoms with Crippen LogP contribution in [0, 0.1) is 0 Å². The normalized spacial score (nSPS) is 12.6. The number of benzene rings is 1. The van der Waals surface area contributed by atoms with Gasteiger partial charge in [0.2, 0.25) is 0 Å². The van der Waals surface area contributed by atoms with E-state index in [1.165, 1.54) is 11.8 Å². The van der Waals surface area contributed by atoms with Gasteiger partial charge in [-0.1, -0.05) is 44.5 Å². The van der Waals surface area contributed by atoms with Crippen LogP contribution in [-0.2, 0) is 11.2 Å². The van der Waals surface area contributed by atoms with E-state index in [0.29, 0.717) is 0 Å². The fraction of sp³-hybridized carbons (Fsp3) is 0.471. The van der Waals surface area contributed by atoms with Crippen molar-refractivity contribution in [3.05, 3.63) is 36.2 Å². The highest BCUT2D eigenvalue weighted by Crippen LogP contribution is 2.28. The summed E-state index contributed by atoms with van der Waals surface area (Å²) in [5, 5.41) is 2.30. The Balaban J connectivity index is 2.37. The number of methoxy groups -OCH3 is 1. The van der Waals surface area contributed by atoms with Crippen molar-refractivity contribution < 1.29 is 9.47 Å². The zero-order valence-electron chi connectivity index (χ0n) is 12.6. The van der Waals surface area contributed by atoms with Gasteiger partial charge >= 0.3 is 0 Å². The Morgan fingerprint density at radius 1 is 1.15 bits per heavy atom. The molecule has 0 radical (unpaired) electrons. The molecule has 0 N–H and O–H groups in total. The summed E-state index contributed by atoms with van der Waals surface area (Å²) in [4.78, 5) is 4.59. The van der Waals surface area contributed by atoms with Crippen LogP contribution in [0.15, 0.2) is 30.5 Å². The molecule has 20 heavy (non-hydrogen) atoms. The predicted molar refractivity (Wildman–Crippen MR) is 82.1 cm³/mol. The Morgan fingerprint density at radius 3 is 2.55 bits per heavy atom. The monoisotopic (exact) mass is 273 g/mol. The first-order valence-corrected chi connectivity index (χ1v) is 7.36. The van der Waals surface area contributed by atoms with E-state index >= 15 is 0 Å². The molecule has 0 spiro atoms. The minimum Gasteiger partial charge on any atom is -0.463 e. The topological polar surface area (TPSA) is 31.4 Å². The van der Waals surface area contributed by atoms with Gasteiger partial charge in [0.15, 0.2) is 6.29 Å². The zero-order valence-corrected chi connectivity index (χ0v) is 12.6. The molecule has 3 nitrogen and oxygen atoms in total. The molecule has 0 amide bonds. The Morgan fingerprint density at radius 2 is 1.90 bits per heavy atom. The number of hydrogen-bond acceptors (Lipinski definition) is 3. The highest BCUT2D eigenvalue weighted by Gasteiger charge is 2.12. The van der Waals surface area contributed by atoms with Gasteiger partial charge < -0.3 is 9.47 Å². The van der Waals surface area contributed by atoms with Gasteiger partial charge in [-0.25, -0.2) is 0 Å². The van der Waals surface area contributed by atoms with Gasteiger partial charge in [0.1, 0.15) is 5.75 Å². The summed E-state index contributed by atoms with van der Waals surface area (Å²) in [5.41, 5.74) is 1.15. The second kappa shape index (κ2) is 7.25. The molecule has 1 atom stereocenters. The van der Waals surface area contributed by atoms with Crippen LogP contribution < -0.4 is 4.74 Å². The van der Waals surface area contributed by atoms with E-state index in [1.807, 2.05) is 19.2 Å². The molecular weight excluding hydrogens is 250 g/mol. The third-order valence-electron chi connectivity index (χ3n) is 3.46. The lowest BCUT2D eigenvalue weighted by Crippen LogP contribution is -2.17.